The molecular weight excluding hydrogens is 230 g/mol. The molecule has 0 aliphatic carbocycles. The van der Waals surface area contributed by atoms with E-state index in [4.69, 9.17) is 19.9 Å². The zero-order chi connectivity index (χ0) is 12.8. The van der Waals surface area contributed by atoms with Gasteiger partial charge in [0.15, 0.2) is 0 Å². The van der Waals surface area contributed by atoms with Gasteiger partial charge in [-0.25, -0.2) is 0 Å². The van der Waals surface area contributed by atoms with Crippen LogP contribution in [0.5, 0.6) is 5.75 Å². The van der Waals surface area contributed by atoms with Crippen LogP contribution >= 0.6 is 0 Å². The molecule has 0 spiro atoms. The standard InChI is InChI=1S/C14H21NO3/c1-16-13-4-2-3-11(9-13)14(10-15)18-12-5-7-17-8-6-12/h2-4,9,12,14H,5-8,10,15H2,1H3. The first-order chi connectivity index (χ1) is 8.83. The number of hydrogen-bond donors (Lipinski definition) is 1. The third kappa shape index (κ3) is 3.45. The van der Waals surface area contributed by atoms with Crippen molar-refractivity contribution in [1.29, 1.82) is 0 Å². The molecule has 1 unspecified atom stereocenters. The second-order valence-electron chi connectivity index (χ2n) is 4.45. The van der Waals surface area contributed by atoms with E-state index in [2.05, 4.69) is 0 Å². The third-order valence-electron chi connectivity index (χ3n) is 3.20. The maximum Gasteiger partial charge on any atom is 0.119 e. The van der Waals surface area contributed by atoms with E-state index in [1.807, 2.05) is 24.3 Å². The first-order valence-electron chi connectivity index (χ1n) is 6.40. The van der Waals surface area contributed by atoms with Gasteiger partial charge in [0.05, 0.1) is 19.3 Å². The summed E-state index contributed by atoms with van der Waals surface area (Å²) in [4.78, 5) is 0. The van der Waals surface area contributed by atoms with Crippen LogP contribution in [0, 0.1) is 0 Å². The van der Waals surface area contributed by atoms with Crippen LogP contribution in [0.15, 0.2) is 24.3 Å². The average molecular weight is 251 g/mol. The largest absolute Gasteiger partial charge is 0.497 e. The number of nitrogens with two attached hydrogens (primary N) is 1. The number of ether oxygens (including phenoxy) is 3. The zero-order valence-corrected chi connectivity index (χ0v) is 10.8. The highest BCUT2D eigenvalue weighted by Gasteiger charge is 2.20. The summed E-state index contributed by atoms with van der Waals surface area (Å²) in [5, 5.41) is 0. The van der Waals surface area contributed by atoms with Crippen LogP contribution in [-0.4, -0.2) is 33.0 Å². The van der Waals surface area contributed by atoms with Crippen molar-refractivity contribution in [3.8, 4) is 5.75 Å². The Kier molecular flexibility index (Phi) is 4.99. The molecule has 4 nitrogen and oxygen atoms in total. The molecule has 1 saturated heterocycles. The summed E-state index contributed by atoms with van der Waals surface area (Å²) in [7, 11) is 1.66. The summed E-state index contributed by atoms with van der Waals surface area (Å²) in [6.45, 7) is 2.03. The van der Waals surface area contributed by atoms with Crippen LogP contribution in [0.1, 0.15) is 24.5 Å². The lowest BCUT2D eigenvalue weighted by atomic mass is 10.1. The smallest absolute Gasteiger partial charge is 0.119 e. The minimum atomic E-state index is -0.0665. The number of rotatable bonds is 5. The van der Waals surface area contributed by atoms with Crippen molar-refractivity contribution in [2.75, 3.05) is 26.9 Å². The van der Waals surface area contributed by atoms with Crippen LogP contribution < -0.4 is 10.5 Å². The third-order valence-corrected chi connectivity index (χ3v) is 3.20. The lowest BCUT2D eigenvalue weighted by Crippen LogP contribution is -2.28. The molecule has 1 aliphatic rings. The molecule has 0 radical (unpaired) electrons. The van der Waals surface area contributed by atoms with E-state index in [1.165, 1.54) is 0 Å². The van der Waals surface area contributed by atoms with E-state index >= 15 is 0 Å². The number of methoxy groups -OCH3 is 1. The molecule has 1 fully saturated rings. The molecule has 100 valence electrons. The fourth-order valence-electron chi connectivity index (χ4n) is 2.16. The van der Waals surface area contributed by atoms with Crippen LogP contribution in [0.2, 0.25) is 0 Å². The van der Waals surface area contributed by atoms with E-state index in [-0.39, 0.29) is 12.2 Å². The van der Waals surface area contributed by atoms with Gasteiger partial charge < -0.3 is 19.9 Å². The Morgan fingerprint density at radius 1 is 1.39 bits per heavy atom. The molecule has 0 aromatic heterocycles. The van der Waals surface area contributed by atoms with Gasteiger partial charge in [-0.3, -0.25) is 0 Å². The Balaban J connectivity index is 2.02. The Labute approximate surface area is 108 Å². The van der Waals surface area contributed by atoms with Crippen LogP contribution in [-0.2, 0) is 9.47 Å². The topological polar surface area (TPSA) is 53.7 Å². The summed E-state index contributed by atoms with van der Waals surface area (Å²) in [6.07, 6.45) is 2.07. The Bertz CT molecular complexity index is 364. The molecule has 1 aliphatic heterocycles. The van der Waals surface area contributed by atoms with Gasteiger partial charge >= 0.3 is 0 Å². The molecule has 2 N–H and O–H groups in total. The van der Waals surface area contributed by atoms with Gasteiger partial charge in [-0.05, 0) is 30.5 Å². The molecule has 18 heavy (non-hydrogen) atoms. The maximum atomic E-state index is 6.07. The molecule has 1 aromatic rings. The van der Waals surface area contributed by atoms with Crippen LogP contribution in [0.3, 0.4) is 0 Å². The van der Waals surface area contributed by atoms with E-state index in [0.29, 0.717) is 6.54 Å². The van der Waals surface area contributed by atoms with Crippen LogP contribution in [0.4, 0.5) is 0 Å². The highest BCUT2D eigenvalue weighted by Crippen LogP contribution is 2.25. The molecule has 0 saturated carbocycles. The van der Waals surface area contributed by atoms with E-state index in [9.17, 15) is 0 Å². The van der Waals surface area contributed by atoms with Gasteiger partial charge in [0.2, 0.25) is 0 Å². The summed E-state index contributed by atoms with van der Waals surface area (Å²) in [5.74, 6) is 0.835. The molecule has 1 heterocycles. The summed E-state index contributed by atoms with van der Waals surface area (Å²) >= 11 is 0. The number of hydrogen-bond acceptors (Lipinski definition) is 4. The van der Waals surface area contributed by atoms with Crippen molar-refractivity contribution in [2.24, 2.45) is 5.73 Å². The van der Waals surface area contributed by atoms with Gasteiger partial charge in [0, 0.05) is 19.8 Å². The van der Waals surface area contributed by atoms with E-state index < -0.39 is 0 Å². The molecular formula is C14H21NO3. The van der Waals surface area contributed by atoms with Gasteiger partial charge in [0.25, 0.3) is 0 Å². The maximum absolute atomic E-state index is 6.07. The predicted octanol–water partition coefficient (Wildman–Crippen LogP) is 1.89. The monoisotopic (exact) mass is 251 g/mol. The SMILES string of the molecule is COc1cccc(C(CN)OC2CCOCC2)c1. The van der Waals surface area contributed by atoms with Crippen molar-refractivity contribution in [2.45, 2.75) is 25.0 Å². The molecule has 1 aromatic carbocycles. The first kappa shape index (κ1) is 13.3. The highest BCUT2D eigenvalue weighted by molar-refractivity contribution is 5.30. The second kappa shape index (κ2) is 6.73. The fourth-order valence-corrected chi connectivity index (χ4v) is 2.16. The molecule has 4 heteroatoms. The van der Waals surface area contributed by atoms with Gasteiger partial charge in [-0.2, -0.15) is 0 Å². The lowest BCUT2D eigenvalue weighted by Gasteiger charge is -2.27. The zero-order valence-electron chi connectivity index (χ0n) is 10.8. The molecule has 2 rings (SSSR count). The van der Waals surface area contributed by atoms with Crippen molar-refractivity contribution >= 4 is 0 Å². The minimum absolute atomic E-state index is 0.0665. The first-order valence-corrected chi connectivity index (χ1v) is 6.40. The summed E-state index contributed by atoms with van der Waals surface area (Å²) in [5.41, 5.74) is 6.89. The lowest BCUT2D eigenvalue weighted by molar-refractivity contribution is -0.0666. The minimum Gasteiger partial charge on any atom is -0.497 e. The predicted molar refractivity (Wildman–Crippen MR) is 69.7 cm³/mol. The highest BCUT2D eigenvalue weighted by atomic mass is 16.5. The second-order valence-corrected chi connectivity index (χ2v) is 4.45. The van der Waals surface area contributed by atoms with Crippen molar-refractivity contribution in [1.82, 2.24) is 0 Å². The normalized spacial score (nSPS) is 18.6. The van der Waals surface area contributed by atoms with Crippen LogP contribution in [0.25, 0.3) is 0 Å². The quantitative estimate of drug-likeness (QED) is 0.868. The van der Waals surface area contributed by atoms with Gasteiger partial charge in [0.1, 0.15) is 5.75 Å². The summed E-state index contributed by atoms with van der Waals surface area (Å²) < 4.78 is 16.6. The van der Waals surface area contributed by atoms with Crippen molar-refractivity contribution in [3.63, 3.8) is 0 Å². The van der Waals surface area contributed by atoms with Crippen molar-refractivity contribution < 1.29 is 14.2 Å². The number of benzene rings is 1. The molecule has 1 atom stereocenters. The van der Waals surface area contributed by atoms with Crippen molar-refractivity contribution in [3.05, 3.63) is 29.8 Å². The fraction of sp³-hybridized carbons (Fsp3) is 0.571. The average Bonchev–Trinajstić information content (AvgIpc) is 2.46. The molecule has 0 bridgehead atoms. The van der Waals surface area contributed by atoms with Gasteiger partial charge in [-0.1, -0.05) is 12.1 Å². The Morgan fingerprint density at radius 2 is 2.17 bits per heavy atom. The van der Waals surface area contributed by atoms with E-state index in [0.717, 1.165) is 37.4 Å². The Hall–Kier alpha value is -1.10. The molecule has 0 amide bonds. The Morgan fingerprint density at radius 3 is 2.83 bits per heavy atom. The summed E-state index contributed by atoms with van der Waals surface area (Å²) in [6, 6.07) is 7.89. The van der Waals surface area contributed by atoms with E-state index in [1.54, 1.807) is 7.11 Å². The van der Waals surface area contributed by atoms with Gasteiger partial charge in [-0.15, -0.1) is 0 Å².